The number of aliphatic hydroxyl groups is 1. The highest BCUT2D eigenvalue weighted by molar-refractivity contribution is 9.10. The molecule has 1 atom stereocenters. The van der Waals surface area contributed by atoms with Gasteiger partial charge in [0.05, 0.1) is 6.07 Å². The molecule has 1 unspecified atom stereocenters. The van der Waals surface area contributed by atoms with Crippen molar-refractivity contribution in [3.63, 3.8) is 0 Å². The van der Waals surface area contributed by atoms with Crippen molar-refractivity contribution < 1.29 is 5.11 Å². The fourth-order valence-corrected chi connectivity index (χ4v) is 1.86. The van der Waals surface area contributed by atoms with Crippen LogP contribution in [0.2, 0.25) is 0 Å². The van der Waals surface area contributed by atoms with Crippen molar-refractivity contribution in [3.8, 4) is 6.07 Å². The SMILES string of the molecule is CC(C#N)(Cc1ccc(Br)cc1)NCCCO. The Bertz CT molecular complexity index is 385. The molecule has 0 aliphatic heterocycles. The molecule has 92 valence electrons. The minimum atomic E-state index is -0.580. The molecule has 0 saturated carbocycles. The molecule has 0 aliphatic carbocycles. The molecule has 0 radical (unpaired) electrons. The van der Waals surface area contributed by atoms with Crippen molar-refractivity contribution in [2.24, 2.45) is 0 Å². The quantitative estimate of drug-likeness (QED) is 0.792. The standard InChI is InChI=1S/C13H17BrN2O/c1-13(10-15,16-7-2-8-17)9-11-3-5-12(14)6-4-11/h3-6,16-17H,2,7-9H2,1H3. The van der Waals surface area contributed by atoms with E-state index >= 15 is 0 Å². The van der Waals surface area contributed by atoms with Gasteiger partial charge in [-0.25, -0.2) is 0 Å². The Morgan fingerprint density at radius 1 is 1.41 bits per heavy atom. The van der Waals surface area contributed by atoms with Crippen molar-refractivity contribution in [2.75, 3.05) is 13.2 Å². The lowest BCUT2D eigenvalue weighted by Crippen LogP contribution is -2.43. The first-order valence-electron chi connectivity index (χ1n) is 5.61. The van der Waals surface area contributed by atoms with Crippen LogP contribution < -0.4 is 5.32 Å². The van der Waals surface area contributed by atoms with Gasteiger partial charge in [-0.15, -0.1) is 0 Å². The highest BCUT2D eigenvalue weighted by atomic mass is 79.9. The number of nitrogens with zero attached hydrogens (tertiary/aromatic N) is 1. The third-order valence-corrected chi connectivity index (χ3v) is 3.10. The van der Waals surface area contributed by atoms with Crippen molar-refractivity contribution in [1.29, 1.82) is 5.26 Å². The predicted octanol–water partition coefficient (Wildman–Crippen LogP) is 2.25. The Balaban J connectivity index is 2.62. The first kappa shape index (κ1) is 14.2. The fourth-order valence-electron chi connectivity index (χ4n) is 1.60. The van der Waals surface area contributed by atoms with Crippen LogP contribution in [0.15, 0.2) is 28.7 Å². The van der Waals surface area contributed by atoms with Crippen LogP contribution >= 0.6 is 15.9 Å². The lowest BCUT2D eigenvalue weighted by molar-refractivity contribution is 0.279. The number of hydrogen-bond acceptors (Lipinski definition) is 3. The average Bonchev–Trinajstić information content (AvgIpc) is 2.33. The predicted molar refractivity (Wildman–Crippen MR) is 71.6 cm³/mol. The van der Waals surface area contributed by atoms with Crippen LogP contribution in [0, 0.1) is 11.3 Å². The Kier molecular flexibility index (Phi) is 5.63. The van der Waals surface area contributed by atoms with Crippen LogP contribution in [0.3, 0.4) is 0 Å². The van der Waals surface area contributed by atoms with Crippen LogP contribution in [0.1, 0.15) is 18.9 Å². The van der Waals surface area contributed by atoms with Crippen molar-refractivity contribution >= 4 is 15.9 Å². The summed E-state index contributed by atoms with van der Waals surface area (Å²) < 4.78 is 1.04. The highest BCUT2D eigenvalue weighted by Crippen LogP contribution is 2.16. The first-order chi connectivity index (χ1) is 8.09. The molecular weight excluding hydrogens is 280 g/mol. The molecule has 0 heterocycles. The normalized spacial score (nSPS) is 14.0. The molecule has 0 aromatic heterocycles. The van der Waals surface area contributed by atoms with Gasteiger partial charge in [-0.1, -0.05) is 28.1 Å². The highest BCUT2D eigenvalue weighted by Gasteiger charge is 2.22. The summed E-state index contributed by atoms with van der Waals surface area (Å²) in [5.41, 5.74) is 0.539. The zero-order valence-electron chi connectivity index (χ0n) is 9.91. The molecule has 0 aliphatic rings. The van der Waals surface area contributed by atoms with Crippen molar-refractivity contribution in [3.05, 3.63) is 34.3 Å². The summed E-state index contributed by atoms with van der Waals surface area (Å²) in [6, 6.07) is 10.3. The molecule has 17 heavy (non-hydrogen) atoms. The molecule has 1 rings (SSSR count). The lowest BCUT2D eigenvalue weighted by atomic mass is 9.94. The molecule has 0 amide bonds. The zero-order valence-corrected chi connectivity index (χ0v) is 11.5. The topological polar surface area (TPSA) is 56.0 Å². The molecule has 0 saturated heterocycles. The van der Waals surface area contributed by atoms with Crippen LogP contribution in [0.25, 0.3) is 0 Å². The molecule has 1 aromatic carbocycles. The van der Waals surface area contributed by atoms with Gasteiger partial charge in [-0.3, -0.25) is 5.32 Å². The van der Waals surface area contributed by atoms with E-state index in [1.54, 1.807) is 0 Å². The number of halogens is 1. The largest absolute Gasteiger partial charge is 0.396 e. The Morgan fingerprint density at radius 2 is 2.06 bits per heavy atom. The maximum Gasteiger partial charge on any atom is 0.107 e. The van der Waals surface area contributed by atoms with Gasteiger partial charge >= 0.3 is 0 Å². The molecule has 0 bridgehead atoms. The van der Waals surface area contributed by atoms with E-state index in [0.29, 0.717) is 19.4 Å². The summed E-state index contributed by atoms with van der Waals surface area (Å²) in [6.45, 7) is 2.68. The van der Waals surface area contributed by atoms with Gasteiger partial charge in [0.2, 0.25) is 0 Å². The summed E-state index contributed by atoms with van der Waals surface area (Å²) in [6.07, 6.45) is 1.32. The number of rotatable bonds is 6. The first-order valence-corrected chi connectivity index (χ1v) is 6.40. The summed E-state index contributed by atoms with van der Waals surface area (Å²) in [5, 5.41) is 21.1. The Morgan fingerprint density at radius 3 is 2.59 bits per heavy atom. The number of nitriles is 1. The second-order valence-electron chi connectivity index (χ2n) is 4.25. The smallest absolute Gasteiger partial charge is 0.107 e. The molecule has 3 nitrogen and oxygen atoms in total. The van der Waals surface area contributed by atoms with Crippen LogP contribution in [-0.4, -0.2) is 23.8 Å². The maximum absolute atomic E-state index is 9.22. The molecule has 1 aromatic rings. The second kappa shape index (κ2) is 6.75. The number of aliphatic hydroxyl groups excluding tert-OH is 1. The van der Waals surface area contributed by atoms with Gasteiger partial charge in [-0.2, -0.15) is 5.26 Å². The van der Waals surface area contributed by atoms with Gasteiger partial charge in [0.25, 0.3) is 0 Å². The second-order valence-corrected chi connectivity index (χ2v) is 5.17. The molecular formula is C13H17BrN2O. The van der Waals surface area contributed by atoms with E-state index in [9.17, 15) is 5.26 Å². The van der Waals surface area contributed by atoms with E-state index < -0.39 is 5.54 Å². The number of hydrogen-bond donors (Lipinski definition) is 2. The zero-order chi connectivity index (χ0) is 12.7. The minimum Gasteiger partial charge on any atom is -0.396 e. The monoisotopic (exact) mass is 296 g/mol. The third-order valence-electron chi connectivity index (χ3n) is 2.57. The van der Waals surface area contributed by atoms with Crippen LogP contribution in [-0.2, 0) is 6.42 Å². The van der Waals surface area contributed by atoms with Crippen molar-refractivity contribution in [2.45, 2.75) is 25.3 Å². The average molecular weight is 297 g/mol. The molecule has 4 heteroatoms. The molecule has 0 fully saturated rings. The molecule has 0 spiro atoms. The number of nitrogens with one attached hydrogen (secondary N) is 1. The molecule has 2 N–H and O–H groups in total. The minimum absolute atomic E-state index is 0.146. The Hall–Kier alpha value is -0.890. The summed E-state index contributed by atoms with van der Waals surface area (Å²) in [4.78, 5) is 0. The van der Waals surface area contributed by atoms with Crippen LogP contribution in [0.5, 0.6) is 0 Å². The van der Waals surface area contributed by atoms with E-state index in [-0.39, 0.29) is 6.61 Å². The Labute approximate surface area is 111 Å². The van der Waals surface area contributed by atoms with Crippen LogP contribution in [0.4, 0.5) is 0 Å². The summed E-state index contributed by atoms with van der Waals surface area (Å²) in [5.74, 6) is 0. The van der Waals surface area contributed by atoms with E-state index in [0.717, 1.165) is 10.0 Å². The van der Waals surface area contributed by atoms with E-state index in [1.165, 1.54) is 0 Å². The van der Waals surface area contributed by atoms with Gasteiger partial charge in [0, 0.05) is 17.5 Å². The van der Waals surface area contributed by atoms with E-state index in [1.807, 2.05) is 31.2 Å². The van der Waals surface area contributed by atoms with Crippen molar-refractivity contribution in [1.82, 2.24) is 5.32 Å². The van der Waals surface area contributed by atoms with Gasteiger partial charge in [0.15, 0.2) is 0 Å². The number of benzene rings is 1. The summed E-state index contributed by atoms with van der Waals surface area (Å²) >= 11 is 3.39. The van der Waals surface area contributed by atoms with E-state index in [4.69, 9.17) is 5.11 Å². The van der Waals surface area contributed by atoms with Gasteiger partial charge in [0.1, 0.15) is 5.54 Å². The lowest BCUT2D eigenvalue weighted by Gasteiger charge is -2.23. The van der Waals surface area contributed by atoms with E-state index in [2.05, 4.69) is 27.3 Å². The van der Waals surface area contributed by atoms with Gasteiger partial charge < -0.3 is 5.11 Å². The maximum atomic E-state index is 9.22. The third kappa shape index (κ3) is 4.86. The fraction of sp³-hybridized carbons (Fsp3) is 0.462. The summed E-state index contributed by atoms with van der Waals surface area (Å²) in [7, 11) is 0. The van der Waals surface area contributed by atoms with Gasteiger partial charge in [-0.05, 0) is 37.6 Å².